The van der Waals surface area contributed by atoms with Gasteiger partial charge in [0.2, 0.25) is 5.79 Å². The van der Waals surface area contributed by atoms with E-state index < -0.39 is 87.2 Å². The second kappa shape index (κ2) is 7.05. The van der Waals surface area contributed by atoms with Crippen molar-refractivity contribution in [2.45, 2.75) is 94.6 Å². The summed E-state index contributed by atoms with van der Waals surface area (Å²) in [5, 5.41) is 38.0. The molecule has 10 atom stereocenters. The summed E-state index contributed by atoms with van der Waals surface area (Å²) in [5.41, 5.74) is -8.52. The van der Waals surface area contributed by atoms with Gasteiger partial charge in [0.1, 0.15) is 30.0 Å². The lowest BCUT2D eigenvalue weighted by atomic mass is 9.34. The van der Waals surface area contributed by atoms with Gasteiger partial charge >= 0.3 is 17.9 Å². The zero-order valence-electron chi connectivity index (χ0n) is 22.4. The highest BCUT2D eigenvalue weighted by atomic mass is 16.7. The van der Waals surface area contributed by atoms with Crippen LogP contribution in [-0.4, -0.2) is 68.5 Å². The maximum Gasteiger partial charge on any atom is 0.309 e. The van der Waals surface area contributed by atoms with Gasteiger partial charge in [0.25, 0.3) is 0 Å². The van der Waals surface area contributed by atoms with Crippen molar-refractivity contribution in [3.63, 3.8) is 0 Å². The largest absolute Gasteiger partial charge is 0.472 e. The van der Waals surface area contributed by atoms with Gasteiger partial charge in [0.05, 0.1) is 24.4 Å². The molecular formula is C28H34O11. The van der Waals surface area contributed by atoms with Crippen molar-refractivity contribution >= 4 is 17.9 Å². The SMILES string of the molecule is CC(=O)OC1C(C)(C)C2CC(=O)OCC23C2CCC4(C)C(c5ccoc5)OC(=O)CC4(O)C24CC1(O)C3(O)O4. The predicted molar refractivity (Wildman–Crippen MR) is 127 cm³/mol. The van der Waals surface area contributed by atoms with E-state index in [1.54, 1.807) is 6.07 Å². The molecule has 5 heterocycles. The van der Waals surface area contributed by atoms with E-state index in [9.17, 15) is 29.7 Å². The van der Waals surface area contributed by atoms with Crippen LogP contribution in [-0.2, 0) is 33.3 Å². The van der Waals surface area contributed by atoms with Crippen molar-refractivity contribution in [1.82, 2.24) is 0 Å². The lowest BCUT2D eigenvalue weighted by Crippen LogP contribution is -2.84. The smallest absolute Gasteiger partial charge is 0.309 e. The van der Waals surface area contributed by atoms with Crippen molar-refractivity contribution in [2.75, 3.05) is 6.61 Å². The lowest BCUT2D eigenvalue weighted by molar-refractivity contribution is -0.388. The summed E-state index contributed by atoms with van der Waals surface area (Å²) < 4.78 is 29.0. The number of carbonyl (C=O) groups excluding carboxylic acids is 3. The van der Waals surface area contributed by atoms with Crippen molar-refractivity contribution in [3.05, 3.63) is 24.2 Å². The zero-order valence-corrected chi connectivity index (χ0v) is 22.4. The van der Waals surface area contributed by atoms with Crippen LogP contribution in [0.1, 0.15) is 71.5 Å². The maximum absolute atomic E-state index is 13.1. The molecular weight excluding hydrogens is 512 g/mol. The Labute approximate surface area is 224 Å². The number of cyclic esters (lactones) is 2. The average Bonchev–Trinajstić information content (AvgIpc) is 3.51. The first-order chi connectivity index (χ1) is 18.1. The highest BCUT2D eigenvalue weighted by molar-refractivity contribution is 5.74. The molecule has 3 N–H and O–H groups in total. The standard InChI is InChI=1S/C28H34O11/c1-14(29)37-21-22(2,3)17-9-18(30)36-13-24(17)16-5-7-23(4)20(15-6-8-35-11-15)38-19(31)10-27(23,33)26(16)12-25(21,32)28(24,34)39-26/h6,8,11,16-17,20-21,32-34H,5,7,9-10,12-13H2,1-4H3. The normalized spacial score (nSPS) is 52.7. The van der Waals surface area contributed by atoms with Crippen LogP contribution in [0.25, 0.3) is 0 Å². The number of furan rings is 1. The molecule has 4 saturated heterocycles. The number of carbonyl (C=O) groups is 3. The summed E-state index contributed by atoms with van der Waals surface area (Å²) >= 11 is 0. The molecule has 0 amide bonds. The van der Waals surface area contributed by atoms with E-state index in [0.29, 0.717) is 18.4 Å². The van der Waals surface area contributed by atoms with E-state index in [0.717, 1.165) is 0 Å². The van der Waals surface area contributed by atoms with E-state index in [1.165, 1.54) is 19.5 Å². The fourth-order valence-electron chi connectivity index (χ4n) is 10.3. The molecule has 2 bridgehead atoms. The molecule has 6 aliphatic rings. The molecule has 11 nitrogen and oxygen atoms in total. The molecule has 2 saturated carbocycles. The van der Waals surface area contributed by atoms with Crippen molar-refractivity contribution in [2.24, 2.45) is 28.1 Å². The first-order valence-corrected chi connectivity index (χ1v) is 13.5. The van der Waals surface area contributed by atoms with Gasteiger partial charge in [0, 0.05) is 42.1 Å². The Balaban J connectivity index is 1.47. The van der Waals surface area contributed by atoms with Gasteiger partial charge in [-0.05, 0) is 24.8 Å². The lowest BCUT2D eigenvalue weighted by Gasteiger charge is -2.71. The fraction of sp³-hybridized carbons (Fsp3) is 0.750. The Morgan fingerprint density at radius 1 is 1.10 bits per heavy atom. The van der Waals surface area contributed by atoms with E-state index in [-0.39, 0.29) is 19.4 Å². The molecule has 6 fully saturated rings. The van der Waals surface area contributed by atoms with Crippen LogP contribution in [0.3, 0.4) is 0 Å². The van der Waals surface area contributed by atoms with E-state index in [2.05, 4.69) is 0 Å². The zero-order chi connectivity index (χ0) is 28.0. The summed E-state index contributed by atoms with van der Waals surface area (Å²) in [6.45, 7) is 6.43. The van der Waals surface area contributed by atoms with Crippen LogP contribution >= 0.6 is 0 Å². The van der Waals surface area contributed by atoms with Gasteiger partial charge in [-0.2, -0.15) is 0 Å². The maximum atomic E-state index is 13.1. The minimum Gasteiger partial charge on any atom is -0.472 e. The Bertz CT molecular complexity index is 1290. The van der Waals surface area contributed by atoms with Crippen LogP contribution in [0.15, 0.2) is 23.0 Å². The second-order valence-corrected chi connectivity index (χ2v) is 13.5. The van der Waals surface area contributed by atoms with E-state index >= 15 is 0 Å². The number of esters is 3. The molecule has 0 radical (unpaired) electrons. The summed E-state index contributed by atoms with van der Waals surface area (Å²) in [5.74, 6) is -5.33. The Hall–Kier alpha value is -2.47. The van der Waals surface area contributed by atoms with Gasteiger partial charge in [-0.3, -0.25) is 14.4 Å². The van der Waals surface area contributed by atoms with Crippen LogP contribution < -0.4 is 0 Å². The number of aliphatic hydroxyl groups is 3. The minimum atomic E-state index is -2.33. The van der Waals surface area contributed by atoms with Crippen LogP contribution in [0, 0.1) is 28.1 Å². The van der Waals surface area contributed by atoms with Gasteiger partial charge in [-0.25, -0.2) is 0 Å². The Morgan fingerprint density at radius 3 is 2.51 bits per heavy atom. The van der Waals surface area contributed by atoms with Crippen molar-refractivity contribution in [1.29, 1.82) is 0 Å². The number of rotatable bonds is 2. The van der Waals surface area contributed by atoms with Crippen LogP contribution in [0.4, 0.5) is 0 Å². The molecule has 212 valence electrons. The fourth-order valence-corrected chi connectivity index (χ4v) is 10.3. The molecule has 11 heteroatoms. The molecule has 2 aliphatic carbocycles. The number of hydrogen-bond acceptors (Lipinski definition) is 11. The quantitative estimate of drug-likeness (QED) is 0.364. The third-order valence-corrected chi connectivity index (χ3v) is 11.7. The van der Waals surface area contributed by atoms with Gasteiger partial charge < -0.3 is 38.7 Å². The first kappa shape index (κ1) is 25.5. The van der Waals surface area contributed by atoms with Crippen LogP contribution in [0.5, 0.6) is 0 Å². The van der Waals surface area contributed by atoms with Crippen molar-refractivity contribution < 1.29 is 53.1 Å². The minimum absolute atomic E-state index is 0.0888. The van der Waals surface area contributed by atoms with Gasteiger partial charge in [-0.15, -0.1) is 0 Å². The molecule has 4 aliphatic heterocycles. The molecule has 2 spiro atoms. The predicted octanol–water partition coefficient (Wildman–Crippen LogP) is 1.53. The second-order valence-electron chi connectivity index (χ2n) is 13.5. The third kappa shape index (κ3) is 2.46. The topological polar surface area (TPSA) is 162 Å². The molecule has 1 aromatic rings. The molecule has 0 aromatic carbocycles. The van der Waals surface area contributed by atoms with Gasteiger partial charge in [-0.1, -0.05) is 20.8 Å². The molecule has 10 unspecified atom stereocenters. The van der Waals surface area contributed by atoms with Gasteiger partial charge in [0.15, 0.2) is 5.60 Å². The molecule has 7 rings (SSSR count). The summed E-state index contributed by atoms with van der Waals surface area (Å²) in [4.78, 5) is 38.1. The highest BCUT2D eigenvalue weighted by Gasteiger charge is 2.96. The monoisotopic (exact) mass is 546 g/mol. The number of hydrogen-bond donors (Lipinski definition) is 3. The average molecular weight is 547 g/mol. The highest BCUT2D eigenvalue weighted by Crippen LogP contribution is 2.83. The Morgan fingerprint density at radius 2 is 1.85 bits per heavy atom. The number of fused-ring (bicyclic) bond motifs is 1. The van der Waals surface area contributed by atoms with E-state index in [1.807, 2.05) is 20.8 Å². The van der Waals surface area contributed by atoms with Crippen molar-refractivity contribution in [3.8, 4) is 0 Å². The first-order valence-electron chi connectivity index (χ1n) is 13.5. The summed E-state index contributed by atoms with van der Waals surface area (Å²) in [7, 11) is 0. The van der Waals surface area contributed by atoms with E-state index in [4.69, 9.17) is 23.4 Å². The Kier molecular flexibility index (Phi) is 4.61. The molecule has 39 heavy (non-hydrogen) atoms. The number of ether oxygens (including phenoxy) is 4. The summed E-state index contributed by atoms with van der Waals surface area (Å²) in [6, 6.07) is 1.68. The van der Waals surface area contributed by atoms with Crippen LogP contribution in [0.2, 0.25) is 0 Å². The third-order valence-electron chi connectivity index (χ3n) is 11.7. The molecule has 1 aromatic heterocycles. The summed E-state index contributed by atoms with van der Waals surface area (Å²) in [6.07, 6.45) is 0.814.